The molecule has 0 atom stereocenters. The van der Waals surface area contributed by atoms with Crippen LogP contribution >= 0.6 is 0 Å². The number of nitro groups is 1. The number of nitro benzene ring substituents is 1. The topological polar surface area (TPSA) is 119 Å². The Hall–Kier alpha value is -2.46. The zero-order valence-electron chi connectivity index (χ0n) is 13.2. The van der Waals surface area contributed by atoms with Gasteiger partial charge in [-0.05, 0) is 13.0 Å². The molecule has 10 heteroatoms. The van der Waals surface area contributed by atoms with Crippen LogP contribution in [0.25, 0.3) is 0 Å². The third-order valence-electron chi connectivity index (χ3n) is 4.02. The Balaban J connectivity index is 2.04. The van der Waals surface area contributed by atoms with E-state index in [1.54, 1.807) is 18.7 Å². The van der Waals surface area contributed by atoms with Crippen molar-refractivity contribution >= 4 is 21.4 Å². The summed E-state index contributed by atoms with van der Waals surface area (Å²) in [7, 11) is -2.35. The zero-order chi connectivity index (χ0) is 17.5. The highest BCUT2D eigenvalue weighted by atomic mass is 32.2. The van der Waals surface area contributed by atoms with E-state index in [1.165, 1.54) is 24.3 Å². The fourth-order valence-electron chi connectivity index (χ4n) is 2.78. The molecule has 1 aliphatic rings. The van der Waals surface area contributed by atoms with Gasteiger partial charge in [0.15, 0.2) is 4.90 Å². The van der Waals surface area contributed by atoms with Gasteiger partial charge in [0.1, 0.15) is 0 Å². The van der Waals surface area contributed by atoms with Gasteiger partial charge in [0.2, 0.25) is 0 Å². The first-order chi connectivity index (χ1) is 11.3. The number of hydrogen-bond acceptors (Lipinski definition) is 6. The van der Waals surface area contributed by atoms with E-state index in [2.05, 4.69) is 15.1 Å². The number of anilines is 1. The van der Waals surface area contributed by atoms with Gasteiger partial charge in [-0.1, -0.05) is 12.1 Å². The Morgan fingerprint density at radius 1 is 1.38 bits per heavy atom. The van der Waals surface area contributed by atoms with Crippen LogP contribution in [-0.2, 0) is 17.1 Å². The number of nitrogens with one attached hydrogen (secondary N) is 2. The second-order valence-electron chi connectivity index (χ2n) is 5.65. The highest BCUT2D eigenvalue weighted by molar-refractivity contribution is 7.92. The summed E-state index contributed by atoms with van der Waals surface area (Å²) in [5, 5.41) is 18.5. The minimum Gasteiger partial charge on any atom is -0.315 e. The van der Waals surface area contributed by atoms with E-state index >= 15 is 0 Å². The Kier molecular flexibility index (Phi) is 4.01. The Labute approximate surface area is 138 Å². The van der Waals surface area contributed by atoms with Gasteiger partial charge in [-0.3, -0.25) is 19.5 Å². The van der Waals surface area contributed by atoms with Crippen molar-refractivity contribution in [2.24, 2.45) is 7.05 Å². The van der Waals surface area contributed by atoms with Crippen molar-refractivity contribution in [1.29, 1.82) is 0 Å². The van der Waals surface area contributed by atoms with Crippen LogP contribution in [0.15, 0.2) is 29.2 Å². The zero-order valence-corrected chi connectivity index (χ0v) is 14.0. The molecule has 1 aromatic heterocycles. The van der Waals surface area contributed by atoms with Crippen molar-refractivity contribution in [3.63, 3.8) is 0 Å². The molecule has 2 N–H and O–H groups in total. The van der Waals surface area contributed by atoms with Gasteiger partial charge in [0.05, 0.1) is 22.0 Å². The maximum atomic E-state index is 12.7. The molecule has 0 saturated carbocycles. The fourth-order valence-corrected chi connectivity index (χ4v) is 4.08. The Morgan fingerprint density at radius 3 is 2.62 bits per heavy atom. The summed E-state index contributed by atoms with van der Waals surface area (Å²) in [5.74, 6) is 0.152. The van der Waals surface area contributed by atoms with Gasteiger partial charge in [0, 0.05) is 32.1 Å². The smallest absolute Gasteiger partial charge is 0.289 e. The van der Waals surface area contributed by atoms with Crippen LogP contribution in [0.2, 0.25) is 0 Å². The molecule has 9 nitrogen and oxygen atoms in total. The highest BCUT2D eigenvalue weighted by Gasteiger charge is 2.31. The minimum absolute atomic E-state index is 0.152. The van der Waals surface area contributed by atoms with Crippen molar-refractivity contribution in [1.82, 2.24) is 15.1 Å². The van der Waals surface area contributed by atoms with Gasteiger partial charge < -0.3 is 5.32 Å². The average Bonchev–Trinajstić information content (AvgIpc) is 2.72. The molecule has 2 aromatic rings. The first-order valence-electron chi connectivity index (χ1n) is 7.31. The number of nitrogens with zero attached hydrogens (tertiary/aromatic N) is 3. The molecule has 24 heavy (non-hydrogen) atoms. The molecule has 0 amide bonds. The molecular weight excluding hydrogens is 334 g/mol. The lowest BCUT2D eigenvalue weighted by molar-refractivity contribution is -0.387. The number of hydrogen-bond donors (Lipinski definition) is 2. The van der Waals surface area contributed by atoms with E-state index in [4.69, 9.17) is 0 Å². The molecule has 1 fully saturated rings. The van der Waals surface area contributed by atoms with E-state index in [0.29, 0.717) is 11.4 Å². The molecule has 1 aromatic carbocycles. The number of para-hydroxylation sites is 1. The lowest BCUT2D eigenvalue weighted by Crippen LogP contribution is -2.41. The lowest BCUT2D eigenvalue weighted by Gasteiger charge is -2.28. The van der Waals surface area contributed by atoms with Crippen LogP contribution < -0.4 is 10.0 Å². The van der Waals surface area contributed by atoms with Crippen molar-refractivity contribution < 1.29 is 13.3 Å². The molecule has 0 aliphatic carbocycles. The number of benzene rings is 1. The van der Waals surface area contributed by atoms with Crippen LogP contribution in [0.1, 0.15) is 17.3 Å². The summed E-state index contributed by atoms with van der Waals surface area (Å²) in [6, 6.07) is 5.27. The highest BCUT2D eigenvalue weighted by Crippen LogP contribution is 2.33. The van der Waals surface area contributed by atoms with Gasteiger partial charge >= 0.3 is 0 Å². The summed E-state index contributed by atoms with van der Waals surface area (Å²) < 4.78 is 29.5. The van der Waals surface area contributed by atoms with Crippen molar-refractivity contribution in [2.45, 2.75) is 17.7 Å². The third-order valence-corrected chi connectivity index (χ3v) is 5.42. The van der Waals surface area contributed by atoms with Crippen molar-refractivity contribution in [3.8, 4) is 0 Å². The van der Waals surface area contributed by atoms with Gasteiger partial charge in [0.25, 0.3) is 15.7 Å². The maximum absolute atomic E-state index is 12.7. The van der Waals surface area contributed by atoms with Crippen molar-refractivity contribution in [3.05, 3.63) is 45.8 Å². The minimum atomic E-state index is -4.10. The van der Waals surface area contributed by atoms with Crippen LogP contribution in [0.4, 0.5) is 11.4 Å². The Bertz CT molecular complexity index is 902. The molecule has 0 bridgehead atoms. The SMILES string of the molecule is Cc1nn(C)c(C2CNC2)c1NS(=O)(=O)c1ccccc1[N+](=O)[O-]. The number of aryl methyl sites for hydroxylation is 2. The summed E-state index contributed by atoms with van der Waals surface area (Å²) in [5.41, 5.74) is 1.23. The average molecular weight is 351 g/mol. The monoisotopic (exact) mass is 351 g/mol. The second-order valence-corrected chi connectivity index (χ2v) is 7.31. The fraction of sp³-hybridized carbons (Fsp3) is 0.357. The van der Waals surface area contributed by atoms with Crippen LogP contribution in [0, 0.1) is 17.0 Å². The maximum Gasteiger partial charge on any atom is 0.289 e. The standard InChI is InChI=1S/C14H17N5O4S/c1-9-13(14(18(2)16-9)10-7-15-8-10)17-24(22,23)12-6-4-3-5-11(12)19(20)21/h3-6,10,15,17H,7-8H2,1-2H3. The Morgan fingerprint density at radius 2 is 2.04 bits per heavy atom. The van der Waals surface area contributed by atoms with E-state index in [0.717, 1.165) is 18.8 Å². The first kappa shape index (κ1) is 16.4. The second kappa shape index (κ2) is 5.87. The molecule has 128 valence electrons. The van der Waals surface area contributed by atoms with Crippen LogP contribution in [0.3, 0.4) is 0 Å². The first-order valence-corrected chi connectivity index (χ1v) is 8.80. The predicted molar refractivity (Wildman–Crippen MR) is 87.5 cm³/mol. The molecule has 3 rings (SSSR count). The van der Waals surface area contributed by atoms with Gasteiger partial charge in [-0.15, -0.1) is 0 Å². The number of rotatable bonds is 5. The number of sulfonamides is 1. The van der Waals surface area contributed by atoms with Gasteiger partial charge in [-0.2, -0.15) is 5.10 Å². The van der Waals surface area contributed by atoms with E-state index < -0.39 is 20.6 Å². The van der Waals surface area contributed by atoms with E-state index in [-0.39, 0.29) is 10.8 Å². The predicted octanol–water partition coefficient (Wildman–Crippen LogP) is 1.12. The normalized spacial score (nSPS) is 15.1. The molecule has 1 aliphatic heterocycles. The molecule has 0 unspecified atom stereocenters. The van der Waals surface area contributed by atoms with E-state index in [9.17, 15) is 18.5 Å². The molecule has 1 saturated heterocycles. The van der Waals surface area contributed by atoms with Crippen LogP contribution in [-0.4, -0.2) is 36.2 Å². The van der Waals surface area contributed by atoms with Crippen molar-refractivity contribution in [2.75, 3.05) is 17.8 Å². The largest absolute Gasteiger partial charge is 0.315 e. The molecular formula is C14H17N5O4S. The quantitative estimate of drug-likeness (QED) is 0.615. The summed E-state index contributed by atoms with van der Waals surface area (Å²) in [6.07, 6.45) is 0. The van der Waals surface area contributed by atoms with E-state index in [1.807, 2.05) is 0 Å². The van der Waals surface area contributed by atoms with Crippen LogP contribution in [0.5, 0.6) is 0 Å². The molecule has 2 heterocycles. The molecule has 0 spiro atoms. The third kappa shape index (κ3) is 2.74. The van der Waals surface area contributed by atoms with Gasteiger partial charge in [-0.25, -0.2) is 8.42 Å². The number of aromatic nitrogens is 2. The summed E-state index contributed by atoms with van der Waals surface area (Å²) in [6.45, 7) is 3.17. The summed E-state index contributed by atoms with van der Waals surface area (Å²) >= 11 is 0. The molecule has 0 radical (unpaired) electrons. The summed E-state index contributed by atoms with van der Waals surface area (Å²) in [4.78, 5) is 10.0. The lowest BCUT2D eigenvalue weighted by atomic mass is 9.98.